The van der Waals surface area contributed by atoms with Crippen LogP contribution in [0.3, 0.4) is 0 Å². The number of ether oxygens (including phenoxy) is 1. The molecule has 0 bridgehead atoms. The highest BCUT2D eigenvalue weighted by Gasteiger charge is 2.31. The maximum atomic E-state index is 6.47. The van der Waals surface area contributed by atoms with Gasteiger partial charge in [-0.25, -0.2) is 0 Å². The molecule has 0 saturated carbocycles. The number of fused-ring (bicyclic) bond motifs is 2. The summed E-state index contributed by atoms with van der Waals surface area (Å²) in [6, 6.07) is 15.3. The van der Waals surface area contributed by atoms with Gasteiger partial charge in [-0.15, -0.1) is 0 Å². The van der Waals surface area contributed by atoms with Crippen LogP contribution in [0.1, 0.15) is 39.8 Å². The summed E-state index contributed by atoms with van der Waals surface area (Å²) in [4.78, 5) is 0. The van der Waals surface area contributed by atoms with Crippen molar-refractivity contribution < 1.29 is 4.74 Å². The molecule has 2 aliphatic rings. The summed E-state index contributed by atoms with van der Waals surface area (Å²) in [7, 11) is 0. The maximum absolute atomic E-state index is 6.47. The number of benzene rings is 2. The molecule has 2 aromatic rings. The quantitative estimate of drug-likeness (QED) is 0.890. The van der Waals surface area contributed by atoms with Gasteiger partial charge in [0, 0.05) is 12.0 Å². The zero-order valence-electron chi connectivity index (χ0n) is 10.8. The van der Waals surface area contributed by atoms with Crippen molar-refractivity contribution in [1.82, 2.24) is 0 Å². The van der Waals surface area contributed by atoms with Crippen LogP contribution in [0.15, 0.2) is 42.5 Å². The van der Waals surface area contributed by atoms with E-state index in [1.54, 1.807) is 0 Å². The standard InChI is InChI=1S/C17H17NO/c18-17(16-8-11-3-1-2-4-15(11)16)12-5-6-13-9-19-10-14(13)7-12/h1-7,16-17H,8-10,18H2. The maximum Gasteiger partial charge on any atom is 0.0725 e. The lowest BCUT2D eigenvalue weighted by Gasteiger charge is -2.35. The van der Waals surface area contributed by atoms with Crippen molar-refractivity contribution in [2.75, 3.05) is 0 Å². The van der Waals surface area contributed by atoms with Crippen LogP contribution < -0.4 is 5.73 Å². The minimum atomic E-state index is 0.0980. The number of hydrogen-bond donors (Lipinski definition) is 1. The van der Waals surface area contributed by atoms with E-state index in [0.717, 1.165) is 19.6 Å². The van der Waals surface area contributed by atoms with Gasteiger partial charge in [-0.2, -0.15) is 0 Å². The molecule has 96 valence electrons. The van der Waals surface area contributed by atoms with E-state index < -0.39 is 0 Å². The van der Waals surface area contributed by atoms with Crippen LogP contribution in [0.25, 0.3) is 0 Å². The molecule has 1 heterocycles. The number of rotatable bonds is 2. The Bertz CT molecular complexity index is 635. The summed E-state index contributed by atoms with van der Waals surface area (Å²) in [6.07, 6.45) is 1.10. The Hall–Kier alpha value is -1.64. The third kappa shape index (κ3) is 1.71. The molecule has 1 aliphatic heterocycles. The molecular weight excluding hydrogens is 234 g/mol. The highest BCUT2D eigenvalue weighted by atomic mass is 16.5. The number of hydrogen-bond acceptors (Lipinski definition) is 2. The molecule has 0 amide bonds. The van der Waals surface area contributed by atoms with Crippen LogP contribution in [0, 0.1) is 0 Å². The van der Waals surface area contributed by atoms with Crippen molar-refractivity contribution in [2.45, 2.75) is 31.6 Å². The van der Waals surface area contributed by atoms with E-state index in [0.29, 0.717) is 5.92 Å². The predicted octanol–water partition coefficient (Wildman–Crippen LogP) is 3.06. The SMILES string of the molecule is NC(c1ccc2c(c1)COC2)C1Cc2ccccc21. The van der Waals surface area contributed by atoms with Gasteiger partial charge in [-0.1, -0.05) is 42.5 Å². The van der Waals surface area contributed by atoms with Gasteiger partial charge in [-0.3, -0.25) is 0 Å². The van der Waals surface area contributed by atoms with Gasteiger partial charge < -0.3 is 10.5 Å². The smallest absolute Gasteiger partial charge is 0.0725 e. The summed E-state index contributed by atoms with van der Waals surface area (Å²) in [5, 5.41) is 0. The molecule has 2 nitrogen and oxygen atoms in total. The molecule has 2 unspecified atom stereocenters. The fraction of sp³-hybridized carbons (Fsp3) is 0.294. The fourth-order valence-corrected chi connectivity index (χ4v) is 3.25. The third-order valence-electron chi connectivity index (χ3n) is 4.46. The predicted molar refractivity (Wildman–Crippen MR) is 74.8 cm³/mol. The van der Waals surface area contributed by atoms with Gasteiger partial charge in [0.05, 0.1) is 13.2 Å². The molecule has 2 heteroatoms. The lowest BCUT2D eigenvalue weighted by molar-refractivity contribution is 0.134. The molecule has 0 fully saturated rings. The molecular formula is C17H17NO. The Morgan fingerprint density at radius 2 is 1.84 bits per heavy atom. The minimum Gasteiger partial charge on any atom is -0.372 e. The highest BCUT2D eigenvalue weighted by molar-refractivity contribution is 5.44. The van der Waals surface area contributed by atoms with Crippen molar-refractivity contribution in [3.8, 4) is 0 Å². The second-order valence-corrected chi connectivity index (χ2v) is 5.56. The van der Waals surface area contributed by atoms with Gasteiger partial charge in [0.2, 0.25) is 0 Å². The second kappa shape index (κ2) is 4.19. The van der Waals surface area contributed by atoms with E-state index in [2.05, 4.69) is 42.5 Å². The third-order valence-corrected chi connectivity index (χ3v) is 4.46. The minimum absolute atomic E-state index is 0.0980. The molecule has 2 atom stereocenters. The Balaban J connectivity index is 1.64. The van der Waals surface area contributed by atoms with E-state index >= 15 is 0 Å². The molecule has 0 aromatic heterocycles. The number of nitrogens with two attached hydrogens (primary N) is 1. The van der Waals surface area contributed by atoms with Crippen molar-refractivity contribution in [3.05, 3.63) is 70.3 Å². The van der Waals surface area contributed by atoms with E-state index in [-0.39, 0.29) is 6.04 Å². The molecule has 2 aromatic carbocycles. The van der Waals surface area contributed by atoms with E-state index in [9.17, 15) is 0 Å². The molecule has 0 saturated heterocycles. The topological polar surface area (TPSA) is 35.2 Å². The molecule has 2 N–H and O–H groups in total. The van der Waals surface area contributed by atoms with Gasteiger partial charge in [0.15, 0.2) is 0 Å². The summed E-state index contributed by atoms with van der Waals surface area (Å²) in [6.45, 7) is 1.48. The molecule has 0 radical (unpaired) electrons. The van der Waals surface area contributed by atoms with E-state index in [1.807, 2.05) is 0 Å². The first-order valence-corrected chi connectivity index (χ1v) is 6.86. The average Bonchev–Trinajstić information content (AvgIpc) is 2.87. The summed E-state index contributed by atoms with van der Waals surface area (Å²) in [5.74, 6) is 0.469. The molecule has 1 aliphatic carbocycles. The molecule has 19 heavy (non-hydrogen) atoms. The van der Waals surface area contributed by atoms with Crippen LogP contribution in [0.4, 0.5) is 0 Å². The van der Waals surface area contributed by atoms with Gasteiger partial charge >= 0.3 is 0 Å². The highest BCUT2D eigenvalue weighted by Crippen LogP contribution is 2.42. The Labute approximate surface area is 113 Å². The molecule has 4 rings (SSSR count). The van der Waals surface area contributed by atoms with Crippen LogP contribution in [0.2, 0.25) is 0 Å². The largest absolute Gasteiger partial charge is 0.372 e. The van der Waals surface area contributed by atoms with E-state index in [4.69, 9.17) is 10.5 Å². The van der Waals surface area contributed by atoms with Gasteiger partial charge in [0.25, 0.3) is 0 Å². The van der Waals surface area contributed by atoms with Crippen LogP contribution in [-0.4, -0.2) is 0 Å². The van der Waals surface area contributed by atoms with Crippen molar-refractivity contribution in [3.63, 3.8) is 0 Å². The average molecular weight is 251 g/mol. The summed E-state index contributed by atoms with van der Waals surface area (Å²) >= 11 is 0. The van der Waals surface area contributed by atoms with Crippen LogP contribution in [-0.2, 0) is 24.4 Å². The van der Waals surface area contributed by atoms with Crippen LogP contribution in [0.5, 0.6) is 0 Å². The van der Waals surface area contributed by atoms with Gasteiger partial charge in [0.1, 0.15) is 0 Å². The first-order chi connectivity index (χ1) is 9.33. The van der Waals surface area contributed by atoms with Crippen LogP contribution >= 0.6 is 0 Å². The second-order valence-electron chi connectivity index (χ2n) is 5.56. The summed E-state index contributed by atoms with van der Waals surface area (Å²) < 4.78 is 5.47. The zero-order chi connectivity index (χ0) is 12.8. The summed E-state index contributed by atoms with van der Waals surface area (Å²) in [5.41, 5.74) is 13.2. The normalized spacial score (nSPS) is 21.4. The van der Waals surface area contributed by atoms with E-state index in [1.165, 1.54) is 27.8 Å². The zero-order valence-corrected chi connectivity index (χ0v) is 10.8. The Morgan fingerprint density at radius 1 is 1.00 bits per heavy atom. The van der Waals surface area contributed by atoms with Crippen molar-refractivity contribution in [2.24, 2.45) is 5.73 Å². The fourth-order valence-electron chi connectivity index (χ4n) is 3.25. The monoisotopic (exact) mass is 251 g/mol. The lowest BCUT2D eigenvalue weighted by Crippen LogP contribution is -2.29. The Kier molecular flexibility index (Phi) is 2.47. The Morgan fingerprint density at radius 3 is 2.74 bits per heavy atom. The first kappa shape index (κ1) is 11.2. The first-order valence-electron chi connectivity index (χ1n) is 6.86. The van der Waals surface area contributed by atoms with Crippen molar-refractivity contribution >= 4 is 0 Å². The molecule has 0 spiro atoms. The lowest BCUT2D eigenvalue weighted by atomic mass is 9.72. The van der Waals surface area contributed by atoms with Crippen molar-refractivity contribution in [1.29, 1.82) is 0 Å². The van der Waals surface area contributed by atoms with Gasteiger partial charge in [-0.05, 0) is 34.2 Å².